The number of nitrogens with zero attached hydrogens (tertiary/aromatic N) is 1. The first-order valence-electron chi connectivity index (χ1n) is 8.74. The monoisotopic (exact) mass is 354 g/mol. The van der Waals surface area contributed by atoms with Gasteiger partial charge in [0.15, 0.2) is 0 Å². The summed E-state index contributed by atoms with van der Waals surface area (Å²) in [5, 5.41) is 5.19. The van der Waals surface area contributed by atoms with E-state index in [4.69, 9.17) is 5.14 Å². The molecule has 0 aliphatic heterocycles. The average molecular weight is 354 g/mol. The number of aromatic nitrogens is 1. The van der Waals surface area contributed by atoms with Gasteiger partial charge in [0.25, 0.3) is 0 Å². The molecule has 2 aliphatic rings. The van der Waals surface area contributed by atoms with Crippen LogP contribution in [0.5, 0.6) is 0 Å². The second kappa shape index (κ2) is 6.07. The summed E-state index contributed by atoms with van der Waals surface area (Å²) in [6.07, 6.45) is 8.62. The minimum absolute atomic E-state index is 0.0617. The standard InChI is InChI=1S/C20H22N2O2S/c21-25(23,24)16-8-9-19(22-14-16)18-13-20(10-4-5-11-20)12-17(18)15-6-2-1-3-7-15/h1-3,6-9,14H,4-5,10-13H2,(H2,21,23,24). The molecule has 0 unspecified atom stereocenters. The van der Waals surface area contributed by atoms with E-state index in [0.29, 0.717) is 5.41 Å². The van der Waals surface area contributed by atoms with Crippen LogP contribution in [0, 0.1) is 5.41 Å². The molecule has 1 aromatic heterocycles. The molecule has 1 aromatic carbocycles. The zero-order chi connectivity index (χ0) is 17.5. The third-order valence-corrected chi connectivity index (χ3v) is 6.53. The number of pyridine rings is 1. The molecule has 2 N–H and O–H groups in total. The Morgan fingerprint density at radius 3 is 2.20 bits per heavy atom. The van der Waals surface area contributed by atoms with E-state index >= 15 is 0 Å². The van der Waals surface area contributed by atoms with Crippen molar-refractivity contribution in [3.05, 3.63) is 59.9 Å². The maximum Gasteiger partial charge on any atom is 0.239 e. The highest BCUT2D eigenvalue weighted by atomic mass is 32.2. The highest BCUT2D eigenvalue weighted by molar-refractivity contribution is 7.89. The summed E-state index contributed by atoms with van der Waals surface area (Å²) in [5.74, 6) is 0. The summed E-state index contributed by atoms with van der Waals surface area (Å²) in [6, 6.07) is 13.8. The Bertz CT molecular complexity index is 910. The van der Waals surface area contributed by atoms with Gasteiger partial charge in [0.2, 0.25) is 10.0 Å². The largest absolute Gasteiger partial charge is 0.255 e. The van der Waals surface area contributed by atoms with E-state index in [1.807, 2.05) is 6.07 Å². The normalized spacial score (nSPS) is 19.7. The van der Waals surface area contributed by atoms with Crippen LogP contribution in [0.4, 0.5) is 0 Å². The SMILES string of the molecule is NS(=O)(=O)c1ccc(C2=C(c3ccccc3)CC3(CCCC3)C2)nc1. The number of rotatable bonds is 3. The van der Waals surface area contributed by atoms with Gasteiger partial charge in [0.1, 0.15) is 4.90 Å². The topological polar surface area (TPSA) is 73.1 Å². The van der Waals surface area contributed by atoms with E-state index in [2.05, 4.69) is 29.2 Å². The van der Waals surface area contributed by atoms with Crippen molar-refractivity contribution < 1.29 is 8.42 Å². The number of benzene rings is 1. The lowest BCUT2D eigenvalue weighted by Gasteiger charge is -2.23. The number of primary sulfonamides is 1. The zero-order valence-corrected chi connectivity index (χ0v) is 14.9. The quantitative estimate of drug-likeness (QED) is 0.905. The van der Waals surface area contributed by atoms with E-state index in [0.717, 1.165) is 18.5 Å². The molecule has 2 aromatic rings. The van der Waals surface area contributed by atoms with E-state index in [-0.39, 0.29) is 4.90 Å². The Morgan fingerprint density at radius 1 is 0.920 bits per heavy atom. The fourth-order valence-corrected chi connectivity index (χ4v) is 4.85. The lowest BCUT2D eigenvalue weighted by molar-refractivity contribution is 0.329. The van der Waals surface area contributed by atoms with Crippen molar-refractivity contribution in [1.82, 2.24) is 4.98 Å². The maximum absolute atomic E-state index is 11.5. The molecule has 0 atom stereocenters. The van der Waals surface area contributed by atoms with Crippen molar-refractivity contribution in [2.24, 2.45) is 10.6 Å². The van der Waals surface area contributed by atoms with Gasteiger partial charge in [-0.25, -0.2) is 13.6 Å². The summed E-state index contributed by atoms with van der Waals surface area (Å²) < 4.78 is 23.0. The van der Waals surface area contributed by atoms with Crippen LogP contribution in [0.1, 0.15) is 49.8 Å². The Balaban J connectivity index is 1.77. The highest BCUT2D eigenvalue weighted by Crippen LogP contribution is 2.57. The predicted octanol–water partition coefficient (Wildman–Crippen LogP) is 3.99. The van der Waals surface area contributed by atoms with Gasteiger partial charge in [-0.2, -0.15) is 0 Å². The average Bonchev–Trinajstić information content (AvgIpc) is 3.23. The van der Waals surface area contributed by atoms with Gasteiger partial charge in [-0.1, -0.05) is 43.2 Å². The van der Waals surface area contributed by atoms with E-state index in [1.54, 1.807) is 12.1 Å². The molecule has 0 amide bonds. The van der Waals surface area contributed by atoms with Crippen molar-refractivity contribution in [1.29, 1.82) is 0 Å². The molecule has 4 nitrogen and oxygen atoms in total. The fraction of sp³-hybridized carbons (Fsp3) is 0.350. The molecule has 130 valence electrons. The van der Waals surface area contributed by atoms with Gasteiger partial charge in [0.05, 0.1) is 5.69 Å². The second-order valence-corrected chi connectivity index (χ2v) is 8.87. The van der Waals surface area contributed by atoms with Crippen LogP contribution in [0.3, 0.4) is 0 Å². The third-order valence-electron chi connectivity index (χ3n) is 5.63. The first-order chi connectivity index (χ1) is 12.0. The lowest BCUT2D eigenvalue weighted by Crippen LogP contribution is -2.13. The second-order valence-electron chi connectivity index (χ2n) is 7.31. The van der Waals surface area contributed by atoms with Gasteiger partial charge >= 0.3 is 0 Å². The fourth-order valence-electron chi connectivity index (χ4n) is 4.39. The number of nitrogens with two attached hydrogens (primary N) is 1. The first kappa shape index (κ1) is 16.5. The molecular weight excluding hydrogens is 332 g/mol. The van der Waals surface area contributed by atoms with Crippen LogP contribution >= 0.6 is 0 Å². The predicted molar refractivity (Wildman–Crippen MR) is 99.0 cm³/mol. The van der Waals surface area contributed by atoms with Crippen molar-refractivity contribution in [3.63, 3.8) is 0 Å². The highest BCUT2D eigenvalue weighted by Gasteiger charge is 2.41. The number of hydrogen-bond acceptors (Lipinski definition) is 3. The Morgan fingerprint density at radius 2 is 1.60 bits per heavy atom. The molecule has 1 heterocycles. The van der Waals surface area contributed by atoms with Gasteiger partial charge in [-0.15, -0.1) is 0 Å². The van der Waals surface area contributed by atoms with Gasteiger partial charge < -0.3 is 0 Å². The molecule has 1 spiro atoms. The summed E-state index contributed by atoms with van der Waals surface area (Å²) in [5.41, 5.74) is 5.10. The summed E-state index contributed by atoms with van der Waals surface area (Å²) in [7, 11) is -3.71. The molecule has 25 heavy (non-hydrogen) atoms. The van der Waals surface area contributed by atoms with Gasteiger partial charge in [-0.3, -0.25) is 4.98 Å². The molecule has 0 radical (unpaired) electrons. The zero-order valence-electron chi connectivity index (χ0n) is 14.1. The van der Waals surface area contributed by atoms with E-state index in [1.165, 1.54) is 48.6 Å². The Kier molecular flexibility index (Phi) is 4.01. The van der Waals surface area contributed by atoms with Crippen LogP contribution in [0.25, 0.3) is 11.1 Å². The summed E-state index contributed by atoms with van der Waals surface area (Å²) in [6.45, 7) is 0. The van der Waals surface area contributed by atoms with E-state index in [9.17, 15) is 8.42 Å². The van der Waals surface area contributed by atoms with Crippen molar-refractivity contribution in [2.75, 3.05) is 0 Å². The van der Waals surface area contributed by atoms with Crippen LogP contribution < -0.4 is 5.14 Å². The molecule has 2 aliphatic carbocycles. The van der Waals surface area contributed by atoms with Crippen LogP contribution in [-0.4, -0.2) is 13.4 Å². The van der Waals surface area contributed by atoms with E-state index < -0.39 is 10.0 Å². The molecule has 5 heteroatoms. The molecule has 1 fully saturated rings. The third kappa shape index (κ3) is 3.14. The van der Waals surface area contributed by atoms with Crippen molar-refractivity contribution >= 4 is 21.2 Å². The summed E-state index contributed by atoms with van der Waals surface area (Å²) in [4.78, 5) is 4.50. The molecule has 0 saturated heterocycles. The smallest absolute Gasteiger partial charge is 0.239 e. The van der Waals surface area contributed by atoms with Gasteiger partial charge in [0, 0.05) is 6.20 Å². The van der Waals surface area contributed by atoms with Crippen LogP contribution in [0.15, 0.2) is 53.6 Å². The molecule has 4 rings (SSSR count). The summed E-state index contributed by atoms with van der Waals surface area (Å²) >= 11 is 0. The molecular formula is C20H22N2O2S. The number of hydrogen-bond donors (Lipinski definition) is 1. The molecule has 0 bridgehead atoms. The Labute approximate surface area is 148 Å². The van der Waals surface area contributed by atoms with Crippen molar-refractivity contribution in [2.45, 2.75) is 43.4 Å². The number of sulfonamides is 1. The van der Waals surface area contributed by atoms with Crippen LogP contribution in [0.2, 0.25) is 0 Å². The number of allylic oxidation sites excluding steroid dienone is 2. The van der Waals surface area contributed by atoms with Crippen LogP contribution in [-0.2, 0) is 10.0 Å². The van der Waals surface area contributed by atoms with Crippen molar-refractivity contribution in [3.8, 4) is 0 Å². The maximum atomic E-state index is 11.5. The lowest BCUT2D eigenvalue weighted by atomic mass is 9.81. The Hall–Kier alpha value is -1.98. The molecule has 1 saturated carbocycles. The minimum Gasteiger partial charge on any atom is -0.255 e. The first-order valence-corrected chi connectivity index (χ1v) is 10.3. The minimum atomic E-state index is -3.71. The van der Waals surface area contributed by atoms with Gasteiger partial charge in [-0.05, 0) is 59.9 Å².